The van der Waals surface area contributed by atoms with Crippen LogP contribution in [0, 0.1) is 18.3 Å². The number of fused-ring (bicyclic) bond motifs is 1. The second-order valence-electron chi connectivity index (χ2n) is 5.88. The first kappa shape index (κ1) is 18.2. The molecular formula is C22H21N5. The third-order valence-corrected chi connectivity index (χ3v) is 4.21. The number of benzene rings is 1. The monoisotopic (exact) mass is 355 g/mol. The van der Waals surface area contributed by atoms with E-state index in [9.17, 15) is 5.26 Å². The number of pyridine rings is 2. The molecule has 0 aliphatic carbocycles. The first-order valence-corrected chi connectivity index (χ1v) is 8.87. The summed E-state index contributed by atoms with van der Waals surface area (Å²) in [4.78, 5) is 8.39. The Balaban J connectivity index is 0.00000102. The van der Waals surface area contributed by atoms with Gasteiger partial charge in [0.05, 0.1) is 11.2 Å². The minimum absolute atomic E-state index is 0.379. The Morgan fingerprint density at radius 2 is 1.78 bits per heavy atom. The molecule has 0 saturated carbocycles. The number of hydrogen-bond donors (Lipinski definition) is 1. The molecule has 0 amide bonds. The van der Waals surface area contributed by atoms with Crippen molar-refractivity contribution >= 4 is 16.7 Å². The van der Waals surface area contributed by atoms with Gasteiger partial charge in [-0.25, -0.2) is 9.97 Å². The molecule has 3 aromatic heterocycles. The normalized spacial score (nSPS) is 10.1. The van der Waals surface area contributed by atoms with Crippen molar-refractivity contribution in [3.63, 3.8) is 0 Å². The van der Waals surface area contributed by atoms with Crippen LogP contribution in [0.4, 0.5) is 5.82 Å². The molecule has 1 aromatic carbocycles. The van der Waals surface area contributed by atoms with E-state index in [1.807, 2.05) is 32.0 Å². The van der Waals surface area contributed by atoms with Gasteiger partial charge in [-0.05, 0) is 43.3 Å². The number of anilines is 1. The first-order valence-electron chi connectivity index (χ1n) is 8.87. The van der Waals surface area contributed by atoms with E-state index in [-0.39, 0.29) is 0 Å². The van der Waals surface area contributed by atoms with Crippen molar-refractivity contribution in [3.05, 3.63) is 72.2 Å². The number of aromatic nitrogens is 3. The molecule has 0 aliphatic heterocycles. The maximum Gasteiger partial charge on any atom is 0.142 e. The number of nitrogens with zero attached hydrogens (tertiary/aromatic N) is 4. The Kier molecular flexibility index (Phi) is 5.18. The van der Waals surface area contributed by atoms with E-state index in [0.29, 0.717) is 11.5 Å². The molecule has 134 valence electrons. The quantitative estimate of drug-likeness (QED) is 0.556. The van der Waals surface area contributed by atoms with E-state index in [0.717, 1.165) is 27.8 Å². The third-order valence-electron chi connectivity index (χ3n) is 4.21. The summed E-state index contributed by atoms with van der Waals surface area (Å²) < 4.78 is 2.09. The van der Waals surface area contributed by atoms with Gasteiger partial charge in [0.15, 0.2) is 0 Å². The molecule has 0 spiro atoms. The Labute approximate surface area is 158 Å². The first-order chi connectivity index (χ1) is 13.2. The van der Waals surface area contributed by atoms with Gasteiger partial charge in [0.2, 0.25) is 0 Å². The van der Waals surface area contributed by atoms with Crippen LogP contribution in [-0.2, 0) is 0 Å². The molecule has 3 heterocycles. The second kappa shape index (κ2) is 7.71. The summed E-state index contributed by atoms with van der Waals surface area (Å²) in [6, 6.07) is 18.0. The standard InChI is InChI=1S/C20H15N5.C2H6/c1-13-4-6-16(7-5-13)25-18-10-15(11-21)24-12-14(18)9-19(25)17-3-2-8-23-20(17)22;1-2/h2-10,12H,1H3,(H2,22,23);1-2H3. The van der Waals surface area contributed by atoms with Gasteiger partial charge in [-0.3, -0.25) is 0 Å². The van der Waals surface area contributed by atoms with Crippen molar-refractivity contribution in [1.82, 2.24) is 14.5 Å². The van der Waals surface area contributed by atoms with Crippen molar-refractivity contribution in [2.45, 2.75) is 20.8 Å². The van der Waals surface area contributed by atoms with Crippen molar-refractivity contribution < 1.29 is 0 Å². The Hall–Kier alpha value is -3.65. The van der Waals surface area contributed by atoms with E-state index in [2.05, 4.69) is 51.8 Å². The van der Waals surface area contributed by atoms with Gasteiger partial charge in [0.25, 0.3) is 0 Å². The maximum atomic E-state index is 9.21. The number of nitrogens with two attached hydrogens (primary N) is 1. The molecular weight excluding hydrogens is 334 g/mol. The highest BCUT2D eigenvalue weighted by atomic mass is 15.0. The van der Waals surface area contributed by atoms with Crippen molar-refractivity contribution in [1.29, 1.82) is 5.26 Å². The molecule has 4 aromatic rings. The van der Waals surface area contributed by atoms with Crippen molar-refractivity contribution in [2.75, 3.05) is 5.73 Å². The van der Waals surface area contributed by atoms with E-state index >= 15 is 0 Å². The smallest absolute Gasteiger partial charge is 0.142 e. The molecule has 0 atom stereocenters. The van der Waals surface area contributed by atoms with Crippen molar-refractivity contribution in [3.8, 4) is 23.0 Å². The van der Waals surface area contributed by atoms with Gasteiger partial charge < -0.3 is 10.3 Å². The fourth-order valence-corrected chi connectivity index (χ4v) is 2.97. The van der Waals surface area contributed by atoms with Crippen LogP contribution in [0.2, 0.25) is 0 Å². The molecule has 2 N–H and O–H groups in total. The number of nitrogen functional groups attached to an aromatic ring is 1. The maximum absolute atomic E-state index is 9.21. The number of rotatable bonds is 2. The summed E-state index contributed by atoms with van der Waals surface area (Å²) >= 11 is 0. The minimum Gasteiger partial charge on any atom is -0.383 e. The molecule has 0 aliphatic rings. The lowest BCUT2D eigenvalue weighted by Crippen LogP contribution is -2.00. The number of aryl methyl sites for hydroxylation is 1. The highest BCUT2D eigenvalue weighted by Gasteiger charge is 2.15. The van der Waals surface area contributed by atoms with Gasteiger partial charge in [-0.2, -0.15) is 5.26 Å². The van der Waals surface area contributed by atoms with Crippen LogP contribution < -0.4 is 5.73 Å². The molecule has 27 heavy (non-hydrogen) atoms. The Morgan fingerprint density at radius 1 is 1.04 bits per heavy atom. The highest BCUT2D eigenvalue weighted by Crippen LogP contribution is 2.33. The van der Waals surface area contributed by atoms with Crippen LogP contribution in [0.1, 0.15) is 25.1 Å². The lowest BCUT2D eigenvalue weighted by molar-refractivity contribution is 1.12. The van der Waals surface area contributed by atoms with Gasteiger partial charge in [-0.15, -0.1) is 0 Å². The SMILES string of the molecule is CC.Cc1ccc(-n2c(-c3cccnc3N)cc3cnc(C#N)cc32)cc1. The largest absolute Gasteiger partial charge is 0.383 e. The average molecular weight is 355 g/mol. The van der Waals surface area contributed by atoms with E-state index in [4.69, 9.17) is 5.73 Å². The van der Waals surface area contributed by atoms with Gasteiger partial charge in [0.1, 0.15) is 17.6 Å². The highest BCUT2D eigenvalue weighted by molar-refractivity contribution is 5.91. The fourth-order valence-electron chi connectivity index (χ4n) is 2.97. The Morgan fingerprint density at radius 3 is 2.44 bits per heavy atom. The van der Waals surface area contributed by atoms with E-state index in [1.54, 1.807) is 18.5 Å². The van der Waals surface area contributed by atoms with Gasteiger partial charge in [0, 0.05) is 29.0 Å². The zero-order valence-corrected chi connectivity index (χ0v) is 15.6. The fraction of sp³-hybridized carbons (Fsp3) is 0.136. The molecule has 5 heteroatoms. The number of nitriles is 1. The van der Waals surface area contributed by atoms with Crippen LogP contribution in [0.15, 0.2) is 60.9 Å². The second-order valence-corrected chi connectivity index (χ2v) is 5.88. The van der Waals surface area contributed by atoms with Crippen LogP contribution in [0.5, 0.6) is 0 Å². The summed E-state index contributed by atoms with van der Waals surface area (Å²) in [5, 5.41) is 10.2. The molecule has 4 rings (SSSR count). The average Bonchev–Trinajstić information content (AvgIpc) is 3.08. The summed E-state index contributed by atoms with van der Waals surface area (Å²) in [6.45, 7) is 6.05. The van der Waals surface area contributed by atoms with Crippen LogP contribution in [0.3, 0.4) is 0 Å². The molecule has 0 saturated heterocycles. The predicted molar refractivity (Wildman–Crippen MR) is 110 cm³/mol. The summed E-state index contributed by atoms with van der Waals surface area (Å²) in [7, 11) is 0. The summed E-state index contributed by atoms with van der Waals surface area (Å²) in [5.74, 6) is 0.465. The van der Waals surface area contributed by atoms with Crippen LogP contribution in [-0.4, -0.2) is 14.5 Å². The zero-order valence-electron chi connectivity index (χ0n) is 15.6. The third kappa shape index (κ3) is 3.38. The van der Waals surface area contributed by atoms with E-state index < -0.39 is 0 Å². The molecule has 5 nitrogen and oxygen atoms in total. The molecule has 0 radical (unpaired) electrons. The minimum atomic E-state index is 0.379. The van der Waals surface area contributed by atoms with Gasteiger partial charge >= 0.3 is 0 Å². The predicted octanol–water partition coefficient (Wildman–Crippen LogP) is 4.88. The van der Waals surface area contributed by atoms with Crippen molar-refractivity contribution in [2.24, 2.45) is 0 Å². The zero-order chi connectivity index (χ0) is 19.4. The number of hydrogen-bond acceptors (Lipinski definition) is 4. The molecule has 0 fully saturated rings. The lowest BCUT2D eigenvalue weighted by atomic mass is 10.1. The Bertz CT molecular complexity index is 1120. The summed E-state index contributed by atoms with van der Waals surface area (Å²) in [5.41, 5.74) is 11.3. The van der Waals surface area contributed by atoms with Gasteiger partial charge in [-0.1, -0.05) is 31.5 Å². The topological polar surface area (TPSA) is 80.5 Å². The van der Waals surface area contributed by atoms with E-state index in [1.165, 1.54) is 5.56 Å². The summed E-state index contributed by atoms with van der Waals surface area (Å²) in [6.07, 6.45) is 3.39. The molecule has 0 unspecified atom stereocenters. The van der Waals surface area contributed by atoms with Crippen LogP contribution >= 0.6 is 0 Å². The lowest BCUT2D eigenvalue weighted by Gasteiger charge is -2.12. The van der Waals surface area contributed by atoms with Crippen LogP contribution in [0.25, 0.3) is 27.8 Å². The molecule has 0 bridgehead atoms.